The van der Waals surface area contributed by atoms with E-state index in [2.05, 4.69) is 10.3 Å². The van der Waals surface area contributed by atoms with Crippen LogP contribution < -0.4 is 10.1 Å². The van der Waals surface area contributed by atoms with Gasteiger partial charge in [0.05, 0.1) is 5.69 Å². The SMILES string of the molecule is O=C(COC(=O)/C=C/c1ccccn1)Nc1cccc(Oc2ccccc2)c1. The third-order valence-corrected chi connectivity index (χ3v) is 3.52. The molecule has 0 unspecified atom stereocenters. The van der Waals surface area contributed by atoms with Crippen LogP contribution in [0.1, 0.15) is 5.69 Å². The first-order valence-corrected chi connectivity index (χ1v) is 8.58. The highest BCUT2D eigenvalue weighted by Gasteiger charge is 2.07. The fourth-order valence-electron chi connectivity index (χ4n) is 2.27. The molecule has 28 heavy (non-hydrogen) atoms. The second kappa shape index (κ2) is 9.68. The highest BCUT2D eigenvalue weighted by atomic mass is 16.5. The predicted octanol–water partition coefficient (Wildman–Crippen LogP) is 4.07. The minimum atomic E-state index is -0.623. The van der Waals surface area contributed by atoms with Gasteiger partial charge in [-0.05, 0) is 42.5 Å². The number of para-hydroxylation sites is 1. The largest absolute Gasteiger partial charge is 0.457 e. The Bertz CT molecular complexity index is 957. The number of aromatic nitrogens is 1. The van der Waals surface area contributed by atoms with Crippen LogP contribution >= 0.6 is 0 Å². The van der Waals surface area contributed by atoms with Crippen molar-refractivity contribution in [3.05, 3.63) is 90.8 Å². The van der Waals surface area contributed by atoms with Crippen molar-refractivity contribution in [1.29, 1.82) is 0 Å². The average molecular weight is 374 g/mol. The lowest BCUT2D eigenvalue weighted by atomic mass is 10.3. The Labute approximate surface area is 162 Å². The van der Waals surface area contributed by atoms with Crippen molar-refractivity contribution in [3.8, 4) is 11.5 Å². The Morgan fingerprint density at radius 2 is 1.71 bits per heavy atom. The number of hydrogen-bond acceptors (Lipinski definition) is 5. The molecule has 3 rings (SSSR count). The van der Waals surface area contributed by atoms with Crippen LogP contribution in [0.2, 0.25) is 0 Å². The van der Waals surface area contributed by atoms with Crippen molar-refractivity contribution >= 4 is 23.6 Å². The Balaban J connectivity index is 1.48. The normalized spacial score (nSPS) is 10.4. The van der Waals surface area contributed by atoms with Crippen LogP contribution in [0.3, 0.4) is 0 Å². The molecule has 1 heterocycles. The summed E-state index contributed by atoms with van der Waals surface area (Å²) in [6.45, 7) is -0.394. The molecule has 140 valence electrons. The van der Waals surface area contributed by atoms with Gasteiger partial charge in [-0.1, -0.05) is 30.3 Å². The number of esters is 1. The van der Waals surface area contributed by atoms with E-state index in [0.717, 1.165) is 0 Å². The molecule has 0 aliphatic carbocycles. The molecule has 0 saturated carbocycles. The molecule has 0 saturated heterocycles. The zero-order valence-corrected chi connectivity index (χ0v) is 14.9. The number of nitrogens with zero attached hydrogens (tertiary/aromatic N) is 1. The zero-order chi connectivity index (χ0) is 19.6. The maximum Gasteiger partial charge on any atom is 0.331 e. The molecule has 0 spiro atoms. The highest BCUT2D eigenvalue weighted by molar-refractivity contribution is 5.94. The van der Waals surface area contributed by atoms with Crippen LogP contribution in [0.5, 0.6) is 11.5 Å². The summed E-state index contributed by atoms with van der Waals surface area (Å²) >= 11 is 0. The highest BCUT2D eigenvalue weighted by Crippen LogP contribution is 2.23. The van der Waals surface area contributed by atoms with E-state index < -0.39 is 18.5 Å². The molecular weight excluding hydrogens is 356 g/mol. The van der Waals surface area contributed by atoms with E-state index in [9.17, 15) is 9.59 Å². The minimum absolute atomic E-state index is 0.394. The summed E-state index contributed by atoms with van der Waals surface area (Å²) in [5, 5.41) is 2.66. The van der Waals surface area contributed by atoms with Gasteiger partial charge in [-0.3, -0.25) is 9.78 Å². The maximum atomic E-state index is 12.0. The van der Waals surface area contributed by atoms with Crippen molar-refractivity contribution < 1.29 is 19.1 Å². The van der Waals surface area contributed by atoms with Gasteiger partial charge in [-0.15, -0.1) is 0 Å². The third-order valence-electron chi connectivity index (χ3n) is 3.52. The van der Waals surface area contributed by atoms with Crippen molar-refractivity contribution in [3.63, 3.8) is 0 Å². The summed E-state index contributed by atoms with van der Waals surface area (Å²) in [6, 6.07) is 21.6. The predicted molar refractivity (Wildman–Crippen MR) is 106 cm³/mol. The number of hydrogen-bond donors (Lipinski definition) is 1. The Morgan fingerprint density at radius 3 is 2.50 bits per heavy atom. The molecule has 3 aromatic rings. The second-order valence-corrected chi connectivity index (χ2v) is 5.69. The Morgan fingerprint density at radius 1 is 0.929 bits per heavy atom. The summed E-state index contributed by atoms with van der Waals surface area (Å²) in [6.07, 6.45) is 4.36. The smallest absolute Gasteiger partial charge is 0.331 e. The van der Waals surface area contributed by atoms with E-state index in [1.165, 1.54) is 12.2 Å². The summed E-state index contributed by atoms with van der Waals surface area (Å²) in [7, 11) is 0. The molecule has 1 aromatic heterocycles. The van der Waals surface area contributed by atoms with Crippen LogP contribution in [0.4, 0.5) is 5.69 Å². The quantitative estimate of drug-likeness (QED) is 0.498. The summed E-state index contributed by atoms with van der Waals surface area (Å²) in [5.41, 5.74) is 1.16. The summed E-state index contributed by atoms with van der Waals surface area (Å²) < 4.78 is 10.6. The fraction of sp³-hybridized carbons (Fsp3) is 0.0455. The molecule has 0 atom stereocenters. The molecule has 1 N–H and O–H groups in total. The Kier molecular flexibility index (Phi) is 6.52. The molecule has 1 amide bonds. The van der Waals surface area contributed by atoms with Gasteiger partial charge in [0.1, 0.15) is 11.5 Å². The van der Waals surface area contributed by atoms with Gasteiger partial charge in [0.2, 0.25) is 0 Å². The zero-order valence-electron chi connectivity index (χ0n) is 14.9. The fourth-order valence-corrected chi connectivity index (χ4v) is 2.27. The van der Waals surface area contributed by atoms with Gasteiger partial charge in [-0.2, -0.15) is 0 Å². The molecule has 6 heteroatoms. The van der Waals surface area contributed by atoms with Crippen LogP contribution in [0.25, 0.3) is 6.08 Å². The molecule has 2 aromatic carbocycles. The summed E-state index contributed by atoms with van der Waals surface area (Å²) in [5.74, 6) is 0.206. The van der Waals surface area contributed by atoms with E-state index >= 15 is 0 Å². The van der Waals surface area contributed by atoms with Crippen molar-refractivity contribution in [1.82, 2.24) is 4.98 Å². The maximum absolute atomic E-state index is 12.0. The number of nitrogens with one attached hydrogen (secondary N) is 1. The third kappa shape index (κ3) is 6.10. The number of pyridine rings is 1. The molecular formula is C22H18N2O4. The van der Waals surface area contributed by atoms with E-state index in [-0.39, 0.29) is 0 Å². The number of carbonyl (C=O) groups is 2. The first-order valence-electron chi connectivity index (χ1n) is 8.58. The van der Waals surface area contributed by atoms with Gasteiger partial charge in [0.25, 0.3) is 5.91 Å². The number of ether oxygens (including phenoxy) is 2. The number of benzene rings is 2. The van der Waals surface area contributed by atoms with Crippen molar-refractivity contribution in [2.45, 2.75) is 0 Å². The van der Waals surface area contributed by atoms with Gasteiger partial charge in [-0.25, -0.2) is 4.79 Å². The lowest BCUT2D eigenvalue weighted by Gasteiger charge is -2.09. The van der Waals surface area contributed by atoms with Gasteiger partial charge in [0.15, 0.2) is 6.61 Å². The number of rotatable bonds is 7. The molecule has 6 nitrogen and oxygen atoms in total. The molecule has 0 aliphatic rings. The Hall–Kier alpha value is -3.93. The van der Waals surface area contributed by atoms with E-state index in [4.69, 9.17) is 9.47 Å². The van der Waals surface area contributed by atoms with Crippen LogP contribution in [-0.4, -0.2) is 23.5 Å². The first-order chi connectivity index (χ1) is 13.7. The average Bonchev–Trinajstić information content (AvgIpc) is 2.72. The van der Waals surface area contributed by atoms with Gasteiger partial charge < -0.3 is 14.8 Å². The van der Waals surface area contributed by atoms with E-state index in [1.807, 2.05) is 30.3 Å². The number of anilines is 1. The van der Waals surface area contributed by atoms with E-state index in [1.54, 1.807) is 48.7 Å². The van der Waals surface area contributed by atoms with Crippen LogP contribution in [0, 0.1) is 0 Å². The monoisotopic (exact) mass is 374 g/mol. The lowest BCUT2D eigenvalue weighted by molar-refractivity contribution is -0.142. The van der Waals surface area contributed by atoms with Crippen molar-refractivity contribution in [2.75, 3.05) is 11.9 Å². The van der Waals surface area contributed by atoms with Crippen molar-refractivity contribution in [2.24, 2.45) is 0 Å². The van der Waals surface area contributed by atoms with Crippen LogP contribution in [0.15, 0.2) is 85.1 Å². The first kappa shape index (κ1) is 18.8. The van der Waals surface area contributed by atoms with Gasteiger partial charge in [0, 0.05) is 24.0 Å². The summed E-state index contributed by atoms with van der Waals surface area (Å²) in [4.78, 5) is 27.7. The topological polar surface area (TPSA) is 77.5 Å². The minimum Gasteiger partial charge on any atom is -0.457 e. The molecule has 0 radical (unpaired) electrons. The molecule has 0 aliphatic heterocycles. The number of amides is 1. The van der Waals surface area contributed by atoms with Gasteiger partial charge >= 0.3 is 5.97 Å². The standard InChI is InChI=1S/C22H18N2O4/c25-21(16-27-22(26)13-12-17-7-4-5-14-23-17)24-18-8-6-11-20(15-18)28-19-9-2-1-3-10-19/h1-15H,16H2,(H,24,25)/b13-12+. The van der Waals surface area contributed by atoms with Crippen LogP contribution in [-0.2, 0) is 14.3 Å². The van der Waals surface area contributed by atoms with E-state index in [0.29, 0.717) is 22.9 Å². The second-order valence-electron chi connectivity index (χ2n) is 5.69. The molecule has 0 fully saturated rings. The number of carbonyl (C=O) groups excluding carboxylic acids is 2. The lowest BCUT2D eigenvalue weighted by Crippen LogP contribution is -2.20. The molecule has 0 bridgehead atoms.